The smallest absolute Gasteiger partial charge is 0.0206 e. The second kappa shape index (κ2) is 6.59. The van der Waals surface area contributed by atoms with Gasteiger partial charge in [0.2, 0.25) is 0 Å². The van der Waals surface area contributed by atoms with E-state index in [0.29, 0.717) is 5.92 Å². The van der Waals surface area contributed by atoms with Gasteiger partial charge < -0.3 is 11.1 Å². The minimum atomic E-state index is 0.214. The Labute approximate surface area is 92.9 Å². The van der Waals surface area contributed by atoms with Gasteiger partial charge in [-0.05, 0) is 24.4 Å². The molecule has 0 saturated heterocycles. The van der Waals surface area contributed by atoms with Crippen molar-refractivity contribution >= 4 is 0 Å². The van der Waals surface area contributed by atoms with Crippen molar-refractivity contribution in [2.45, 2.75) is 26.3 Å². The van der Waals surface area contributed by atoms with Gasteiger partial charge in [0.05, 0.1) is 0 Å². The van der Waals surface area contributed by atoms with Crippen LogP contribution >= 0.6 is 0 Å². The molecule has 0 heterocycles. The highest BCUT2D eigenvalue weighted by Crippen LogP contribution is 2.01. The number of rotatable bonds is 6. The first-order valence-electron chi connectivity index (χ1n) is 5.68. The minimum absolute atomic E-state index is 0.214. The van der Waals surface area contributed by atoms with Gasteiger partial charge in [0.1, 0.15) is 0 Å². The van der Waals surface area contributed by atoms with Crippen LogP contribution in [-0.2, 0) is 6.42 Å². The van der Waals surface area contributed by atoms with Crippen molar-refractivity contribution in [3.63, 3.8) is 0 Å². The summed E-state index contributed by atoms with van der Waals surface area (Å²) in [6, 6.07) is 10.6. The Hall–Kier alpha value is -0.860. The van der Waals surface area contributed by atoms with E-state index in [1.54, 1.807) is 0 Å². The normalized spacial score (nSPS) is 13.1. The largest absolute Gasteiger partial charge is 0.326 e. The summed E-state index contributed by atoms with van der Waals surface area (Å²) in [4.78, 5) is 0. The summed E-state index contributed by atoms with van der Waals surface area (Å²) < 4.78 is 0. The third-order valence-electron chi connectivity index (χ3n) is 2.30. The van der Waals surface area contributed by atoms with Crippen LogP contribution in [0.15, 0.2) is 30.3 Å². The Balaban J connectivity index is 2.21. The lowest BCUT2D eigenvalue weighted by atomic mass is 10.1. The SMILES string of the molecule is CC(C)CNCC(N)Cc1ccccc1. The van der Waals surface area contributed by atoms with Crippen LogP contribution in [0.1, 0.15) is 19.4 Å². The van der Waals surface area contributed by atoms with Crippen LogP contribution in [-0.4, -0.2) is 19.1 Å². The Morgan fingerprint density at radius 2 is 1.80 bits per heavy atom. The van der Waals surface area contributed by atoms with Crippen molar-refractivity contribution in [1.29, 1.82) is 0 Å². The monoisotopic (exact) mass is 206 g/mol. The zero-order valence-corrected chi connectivity index (χ0v) is 9.74. The Kier molecular flexibility index (Phi) is 5.37. The van der Waals surface area contributed by atoms with Gasteiger partial charge >= 0.3 is 0 Å². The molecule has 0 aromatic heterocycles. The van der Waals surface area contributed by atoms with Gasteiger partial charge in [0.15, 0.2) is 0 Å². The molecular weight excluding hydrogens is 184 g/mol. The molecule has 0 fully saturated rings. The summed E-state index contributed by atoms with van der Waals surface area (Å²) in [5.74, 6) is 0.689. The second-order valence-corrected chi connectivity index (χ2v) is 4.50. The number of benzene rings is 1. The highest BCUT2D eigenvalue weighted by Gasteiger charge is 2.03. The van der Waals surface area contributed by atoms with E-state index in [1.165, 1.54) is 5.56 Å². The van der Waals surface area contributed by atoms with Gasteiger partial charge in [0, 0.05) is 12.6 Å². The van der Waals surface area contributed by atoms with Crippen LogP contribution in [0, 0.1) is 5.92 Å². The number of hydrogen-bond donors (Lipinski definition) is 2. The Morgan fingerprint density at radius 1 is 1.13 bits per heavy atom. The van der Waals surface area contributed by atoms with Gasteiger partial charge in [-0.15, -0.1) is 0 Å². The van der Waals surface area contributed by atoms with Crippen molar-refractivity contribution in [3.8, 4) is 0 Å². The molecule has 0 spiro atoms. The maximum Gasteiger partial charge on any atom is 0.0206 e. The molecule has 15 heavy (non-hydrogen) atoms. The van der Waals surface area contributed by atoms with E-state index < -0.39 is 0 Å². The Bertz CT molecular complexity index is 256. The summed E-state index contributed by atoms with van der Waals surface area (Å²) in [6.07, 6.45) is 0.950. The van der Waals surface area contributed by atoms with Crippen molar-refractivity contribution in [3.05, 3.63) is 35.9 Å². The van der Waals surface area contributed by atoms with Crippen molar-refractivity contribution in [2.75, 3.05) is 13.1 Å². The molecule has 0 aliphatic rings. The standard InChI is InChI=1S/C13H22N2/c1-11(2)9-15-10-13(14)8-12-6-4-3-5-7-12/h3-7,11,13,15H,8-10,14H2,1-2H3. The molecule has 0 bridgehead atoms. The van der Waals surface area contributed by atoms with E-state index in [9.17, 15) is 0 Å². The summed E-state index contributed by atoms with van der Waals surface area (Å²) in [7, 11) is 0. The topological polar surface area (TPSA) is 38.0 Å². The van der Waals surface area contributed by atoms with E-state index >= 15 is 0 Å². The molecule has 2 heteroatoms. The predicted molar refractivity (Wildman–Crippen MR) is 65.8 cm³/mol. The molecule has 1 aromatic rings. The highest BCUT2D eigenvalue weighted by atomic mass is 14.9. The summed E-state index contributed by atoms with van der Waals surface area (Å²) in [5.41, 5.74) is 7.35. The molecule has 1 atom stereocenters. The third kappa shape index (κ3) is 5.55. The summed E-state index contributed by atoms with van der Waals surface area (Å²) >= 11 is 0. The van der Waals surface area contributed by atoms with E-state index in [4.69, 9.17) is 5.73 Å². The molecule has 1 rings (SSSR count). The molecule has 1 aromatic carbocycles. The fraction of sp³-hybridized carbons (Fsp3) is 0.538. The maximum absolute atomic E-state index is 6.03. The first-order valence-corrected chi connectivity index (χ1v) is 5.68. The lowest BCUT2D eigenvalue weighted by molar-refractivity contribution is 0.512. The number of nitrogens with one attached hydrogen (secondary N) is 1. The molecule has 0 saturated carbocycles. The lowest BCUT2D eigenvalue weighted by Crippen LogP contribution is -2.37. The first-order chi connectivity index (χ1) is 7.18. The molecule has 3 N–H and O–H groups in total. The zero-order valence-electron chi connectivity index (χ0n) is 9.74. The number of hydrogen-bond acceptors (Lipinski definition) is 2. The zero-order chi connectivity index (χ0) is 11.1. The molecule has 2 nitrogen and oxygen atoms in total. The molecule has 0 radical (unpaired) electrons. The average Bonchev–Trinajstić information content (AvgIpc) is 2.18. The van der Waals surface area contributed by atoms with Crippen LogP contribution in [0.5, 0.6) is 0 Å². The van der Waals surface area contributed by atoms with Crippen molar-refractivity contribution < 1.29 is 0 Å². The van der Waals surface area contributed by atoms with Gasteiger partial charge in [-0.25, -0.2) is 0 Å². The minimum Gasteiger partial charge on any atom is -0.326 e. The lowest BCUT2D eigenvalue weighted by Gasteiger charge is -2.14. The van der Waals surface area contributed by atoms with Crippen LogP contribution < -0.4 is 11.1 Å². The quantitative estimate of drug-likeness (QED) is 0.745. The van der Waals surface area contributed by atoms with Crippen molar-refractivity contribution in [1.82, 2.24) is 5.32 Å². The molecule has 84 valence electrons. The highest BCUT2D eigenvalue weighted by molar-refractivity contribution is 5.15. The molecule has 0 aliphatic heterocycles. The Morgan fingerprint density at radius 3 is 2.40 bits per heavy atom. The third-order valence-corrected chi connectivity index (χ3v) is 2.30. The maximum atomic E-state index is 6.03. The van der Waals surface area contributed by atoms with Gasteiger partial charge in [-0.3, -0.25) is 0 Å². The van der Waals surface area contributed by atoms with E-state index in [-0.39, 0.29) is 6.04 Å². The van der Waals surface area contributed by atoms with E-state index in [2.05, 4.69) is 43.4 Å². The predicted octanol–water partition coefficient (Wildman–Crippen LogP) is 1.80. The summed E-state index contributed by atoms with van der Waals surface area (Å²) in [5, 5.41) is 3.38. The fourth-order valence-electron chi connectivity index (χ4n) is 1.55. The summed E-state index contributed by atoms with van der Waals surface area (Å²) in [6.45, 7) is 6.35. The number of nitrogens with two attached hydrogens (primary N) is 1. The van der Waals surface area contributed by atoms with E-state index in [1.807, 2.05) is 6.07 Å². The van der Waals surface area contributed by atoms with Gasteiger partial charge in [-0.2, -0.15) is 0 Å². The van der Waals surface area contributed by atoms with Gasteiger partial charge in [-0.1, -0.05) is 44.2 Å². The molecule has 0 amide bonds. The first kappa shape index (κ1) is 12.2. The van der Waals surface area contributed by atoms with Crippen molar-refractivity contribution in [2.24, 2.45) is 11.7 Å². The molecule has 1 unspecified atom stereocenters. The molecular formula is C13H22N2. The average molecular weight is 206 g/mol. The van der Waals surface area contributed by atoms with E-state index in [0.717, 1.165) is 19.5 Å². The fourth-order valence-corrected chi connectivity index (χ4v) is 1.55. The molecule has 0 aliphatic carbocycles. The van der Waals surface area contributed by atoms with Crippen LogP contribution in [0.3, 0.4) is 0 Å². The van der Waals surface area contributed by atoms with Crippen LogP contribution in [0.2, 0.25) is 0 Å². The van der Waals surface area contributed by atoms with Crippen LogP contribution in [0.25, 0.3) is 0 Å². The second-order valence-electron chi connectivity index (χ2n) is 4.50. The van der Waals surface area contributed by atoms with Crippen LogP contribution in [0.4, 0.5) is 0 Å². The van der Waals surface area contributed by atoms with Gasteiger partial charge in [0.25, 0.3) is 0 Å².